The first kappa shape index (κ1) is 10.3. The Labute approximate surface area is 81.7 Å². The lowest BCUT2D eigenvalue weighted by molar-refractivity contribution is -0.144. The van der Waals surface area contributed by atoms with E-state index >= 15 is 0 Å². The lowest BCUT2D eigenvalue weighted by atomic mass is 9.96. The normalized spacial score (nSPS) is 14.1. The van der Waals surface area contributed by atoms with Gasteiger partial charge >= 0.3 is 5.97 Å². The Bertz CT molecular complexity index is 353. The highest BCUT2D eigenvalue weighted by Crippen LogP contribution is 2.09. The predicted molar refractivity (Wildman–Crippen MR) is 50.1 cm³/mol. The molecule has 0 aromatic carbocycles. The van der Waals surface area contributed by atoms with Crippen LogP contribution in [-0.2, 0) is 16.0 Å². The number of methoxy groups -OCH3 is 1. The largest absolute Gasteiger partial charge is 0.467 e. The van der Waals surface area contributed by atoms with Gasteiger partial charge in [0.25, 0.3) is 0 Å². The topological polar surface area (TPSA) is 81.0 Å². The molecule has 1 unspecified atom stereocenters. The SMILES string of the molecule is C#CC(N)(Cc1cnc[nH]1)C(=O)OC. The molecule has 0 aliphatic rings. The fraction of sp³-hybridized carbons (Fsp3) is 0.333. The van der Waals surface area contributed by atoms with E-state index in [2.05, 4.69) is 20.6 Å². The minimum absolute atomic E-state index is 0.177. The fourth-order valence-electron chi connectivity index (χ4n) is 1.05. The van der Waals surface area contributed by atoms with Crippen molar-refractivity contribution in [3.63, 3.8) is 0 Å². The molecule has 0 radical (unpaired) electrons. The van der Waals surface area contributed by atoms with E-state index in [4.69, 9.17) is 12.2 Å². The summed E-state index contributed by atoms with van der Waals surface area (Å²) in [4.78, 5) is 17.9. The van der Waals surface area contributed by atoms with Crippen LogP contribution in [0.2, 0.25) is 0 Å². The lowest BCUT2D eigenvalue weighted by Gasteiger charge is -2.18. The zero-order valence-corrected chi connectivity index (χ0v) is 7.78. The molecule has 5 nitrogen and oxygen atoms in total. The Kier molecular flexibility index (Phi) is 2.89. The Morgan fingerprint density at radius 2 is 2.64 bits per heavy atom. The quantitative estimate of drug-likeness (QED) is 0.499. The molecule has 1 rings (SSSR count). The number of nitrogens with two attached hydrogens (primary N) is 1. The van der Waals surface area contributed by atoms with E-state index in [9.17, 15) is 4.79 Å². The van der Waals surface area contributed by atoms with Crippen LogP contribution < -0.4 is 5.73 Å². The van der Waals surface area contributed by atoms with Gasteiger partial charge in [-0.05, 0) is 0 Å². The van der Waals surface area contributed by atoms with Crippen LogP contribution in [0.4, 0.5) is 0 Å². The van der Waals surface area contributed by atoms with Gasteiger partial charge in [-0.3, -0.25) is 0 Å². The highest BCUT2D eigenvalue weighted by Gasteiger charge is 2.33. The molecule has 0 fully saturated rings. The molecule has 0 aliphatic heterocycles. The van der Waals surface area contributed by atoms with Gasteiger partial charge in [0.05, 0.1) is 13.4 Å². The lowest BCUT2D eigenvalue weighted by Crippen LogP contribution is -2.49. The number of nitrogens with one attached hydrogen (secondary N) is 1. The van der Waals surface area contributed by atoms with E-state index in [0.717, 1.165) is 0 Å². The van der Waals surface area contributed by atoms with Crippen molar-refractivity contribution in [3.05, 3.63) is 18.2 Å². The van der Waals surface area contributed by atoms with Crippen molar-refractivity contribution < 1.29 is 9.53 Å². The highest BCUT2D eigenvalue weighted by molar-refractivity contribution is 5.84. The summed E-state index contributed by atoms with van der Waals surface area (Å²) in [5, 5.41) is 0. The molecule has 0 saturated heterocycles. The molecule has 1 heterocycles. The maximum Gasteiger partial charge on any atom is 0.338 e. The van der Waals surface area contributed by atoms with Gasteiger partial charge in [0, 0.05) is 18.3 Å². The average molecular weight is 193 g/mol. The number of hydrogen-bond donors (Lipinski definition) is 2. The third kappa shape index (κ3) is 1.92. The number of imidazole rings is 1. The number of H-pyrrole nitrogens is 1. The van der Waals surface area contributed by atoms with Crippen LogP contribution in [0.25, 0.3) is 0 Å². The molecule has 74 valence electrons. The molecule has 0 aliphatic carbocycles. The zero-order chi connectivity index (χ0) is 10.6. The van der Waals surface area contributed by atoms with Crippen molar-refractivity contribution in [3.8, 4) is 12.3 Å². The summed E-state index contributed by atoms with van der Waals surface area (Å²) >= 11 is 0. The monoisotopic (exact) mass is 193 g/mol. The molecule has 0 bridgehead atoms. The summed E-state index contributed by atoms with van der Waals surface area (Å²) in [6.45, 7) is 0. The number of rotatable bonds is 3. The van der Waals surface area contributed by atoms with Crippen molar-refractivity contribution in [1.82, 2.24) is 9.97 Å². The number of carbonyl (C=O) groups is 1. The Hall–Kier alpha value is -1.80. The first-order valence-electron chi connectivity index (χ1n) is 3.94. The Morgan fingerprint density at radius 3 is 3.07 bits per heavy atom. The number of terminal acetylenes is 1. The van der Waals surface area contributed by atoms with Crippen molar-refractivity contribution in [2.24, 2.45) is 5.73 Å². The molecular formula is C9H11N3O2. The maximum absolute atomic E-state index is 11.3. The van der Waals surface area contributed by atoms with E-state index in [0.29, 0.717) is 5.69 Å². The molecule has 1 aromatic heterocycles. The third-order valence-electron chi connectivity index (χ3n) is 1.83. The van der Waals surface area contributed by atoms with Gasteiger partial charge in [0.2, 0.25) is 0 Å². The van der Waals surface area contributed by atoms with Crippen LogP contribution in [0, 0.1) is 12.3 Å². The summed E-state index contributed by atoms with van der Waals surface area (Å²) in [5.74, 6) is 1.59. The number of hydrogen-bond acceptors (Lipinski definition) is 4. The van der Waals surface area contributed by atoms with Gasteiger partial charge < -0.3 is 15.5 Å². The number of esters is 1. The van der Waals surface area contributed by atoms with Crippen LogP contribution in [0.5, 0.6) is 0 Å². The van der Waals surface area contributed by atoms with E-state index < -0.39 is 11.5 Å². The summed E-state index contributed by atoms with van der Waals surface area (Å²) in [6.07, 6.45) is 8.41. The molecule has 3 N–H and O–H groups in total. The summed E-state index contributed by atoms with van der Waals surface area (Å²) in [5.41, 5.74) is 4.95. The molecule has 5 heteroatoms. The van der Waals surface area contributed by atoms with Gasteiger partial charge in [-0.25, -0.2) is 9.78 Å². The van der Waals surface area contributed by atoms with Gasteiger partial charge in [-0.2, -0.15) is 0 Å². The first-order valence-corrected chi connectivity index (χ1v) is 3.94. The molecule has 14 heavy (non-hydrogen) atoms. The molecule has 0 spiro atoms. The van der Waals surface area contributed by atoms with Crippen molar-refractivity contribution in [1.29, 1.82) is 0 Å². The van der Waals surface area contributed by atoms with Gasteiger partial charge in [0.15, 0.2) is 5.54 Å². The van der Waals surface area contributed by atoms with E-state index in [1.165, 1.54) is 13.4 Å². The van der Waals surface area contributed by atoms with Gasteiger partial charge in [0.1, 0.15) is 0 Å². The molecule has 1 atom stereocenters. The van der Waals surface area contributed by atoms with E-state index in [1.54, 1.807) is 6.20 Å². The second-order valence-corrected chi connectivity index (χ2v) is 2.86. The molecule has 1 aromatic rings. The van der Waals surface area contributed by atoms with Gasteiger partial charge in [-0.15, -0.1) is 6.42 Å². The summed E-state index contributed by atoms with van der Waals surface area (Å²) in [7, 11) is 1.24. The third-order valence-corrected chi connectivity index (χ3v) is 1.83. The second kappa shape index (κ2) is 3.94. The number of aromatic amines is 1. The smallest absolute Gasteiger partial charge is 0.338 e. The summed E-state index contributed by atoms with van der Waals surface area (Å²) < 4.78 is 4.51. The minimum atomic E-state index is -1.43. The van der Waals surface area contributed by atoms with Gasteiger partial charge in [-0.1, -0.05) is 5.92 Å². The van der Waals surface area contributed by atoms with E-state index in [1.807, 2.05) is 0 Å². The Morgan fingerprint density at radius 1 is 1.93 bits per heavy atom. The number of carbonyl (C=O) groups excluding carboxylic acids is 1. The molecule has 0 amide bonds. The van der Waals surface area contributed by atoms with E-state index in [-0.39, 0.29) is 6.42 Å². The second-order valence-electron chi connectivity index (χ2n) is 2.86. The van der Waals surface area contributed by atoms with Crippen LogP contribution in [-0.4, -0.2) is 28.6 Å². The number of ether oxygens (including phenoxy) is 1. The van der Waals surface area contributed by atoms with Crippen LogP contribution >= 0.6 is 0 Å². The van der Waals surface area contributed by atoms with Crippen LogP contribution in [0.15, 0.2) is 12.5 Å². The highest BCUT2D eigenvalue weighted by atomic mass is 16.5. The molecule has 0 saturated carbocycles. The zero-order valence-electron chi connectivity index (χ0n) is 7.78. The summed E-state index contributed by atoms with van der Waals surface area (Å²) in [6, 6.07) is 0. The van der Waals surface area contributed by atoms with Crippen molar-refractivity contribution >= 4 is 5.97 Å². The average Bonchev–Trinajstić information content (AvgIpc) is 2.68. The fourth-order valence-corrected chi connectivity index (χ4v) is 1.05. The first-order chi connectivity index (χ1) is 6.62. The molecular weight excluding hydrogens is 182 g/mol. The van der Waals surface area contributed by atoms with Crippen LogP contribution in [0.3, 0.4) is 0 Å². The maximum atomic E-state index is 11.3. The predicted octanol–water partition coefficient (Wildman–Crippen LogP) is -0.544. The van der Waals surface area contributed by atoms with Crippen LogP contribution in [0.1, 0.15) is 5.69 Å². The Balaban J connectivity index is 2.83. The minimum Gasteiger partial charge on any atom is -0.467 e. The standard InChI is InChI=1S/C9H11N3O2/c1-3-9(10,8(13)14-2)4-7-5-11-6-12-7/h1,5-6H,4,10H2,2H3,(H,11,12). The van der Waals surface area contributed by atoms with Crippen molar-refractivity contribution in [2.75, 3.05) is 7.11 Å². The number of nitrogens with zero attached hydrogens (tertiary/aromatic N) is 1. The number of aromatic nitrogens is 2. The van der Waals surface area contributed by atoms with Crippen molar-refractivity contribution in [2.45, 2.75) is 12.0 Å².